The monoisotopic (exact) mass is 365 g/mol. The van der Waals surface area contributed by atoms with Gasteiger partial charge in [0.1, 0.15) is 0 Å². The number of nitro benzene ring substituents is 1. The molecular formula is C20H16FN3O3. The number of benzene rings is 3. The van der Waals surface area contributed by atoms with E-state index in [0.29, 0.717) is 5.69 Å². The third kappa shape index (κ3) is 4.66. The number of nitrogens with one attached hydrogen (secondary N) is 2. The van der Waals surface area contributed by atoms with Gasteiger partial charge in [-0.25, -0.2) is 0 Å². The number of halogens is 1. The fraction of sp³-hybridized carbons (Fsp3) is 0.0500. The van der Waals surface area contributed by atoms with Crippen molar-refractivity contribution in [3.63, 3.8) is 0 Å². The van der Waals surface area contributed by atoms with Crippen LogP contribution in [0.5, 0.6) is 0 Å². The molecule has 0 spiro atoms. The Morgan fingerprint density at radius 1 is 0.926 bits per heavy atom. The Labute approximate surface area is 154 Å². The lowest BCUT2D eigenvalue weighted by Gasteiger charge is -2.09. The van der Waals surface area contributed by atoms with E-state index >= 15 is 0 Å². The van der Waals surface area contributed by atoms with E-state index in [-0.39, 0.29) is 18.1 Å². The van der Waals surface area contributed by atoms with Gasteiger partial charge in [0, 0.05) is 17.4 Å². The van der Waals surface area contributed by atoms with Gasteiger partial charge in [0.25, 0.3) is 0 Å². The maximum atomic E-state index is 13.3. The first-order valence-corrected chi connectivity index (χ1v) is 8.16. The number of carbonyl (C=O) groups excluding carboxylic acids is 1. The predicted molar refractivity (Wildman–Crippen MR) is 102 cm³/mol. The standard InChI is InChI=1S/C20H16FN3O3/c21-18-11-10-17(12-19(18)24(26)27)22-13-20(25)23-16-8-6-15(7-9-16)14-4-2-1-3-5-14/h1-12,22H,13H2,(H,23,25). The van der Waals surface area contributed by atoms with E-state index in [2.05, 4.69) is 10.6 Å². The van der Waals surface area contributed by atoms with Crippen LogP contribution < -0.4 is 10.6 Å². The Bertz CT molecular complexity index is 960. The lowest BCUT2D eigenvalue weighted by atomic mass is 10.1. The Morgan fingerprint density at radius 3 is 2.22 bits per heavy atom. The molecule has 3 aromatic carbocycles. The van der Waals surface area contributed by atoms with Crippen LogP contribution in [-0.4, -0.2) is 17.4 Å². The summed E-state index contributed by atoms with van der Waals surface area (Å²) in [6.45, 7) is -0.108. The minimum Gasteiger partial charge on any atom is -0.376 e. The highest BCUT2D eigenvalue weighted by Gasteiger charge is 2.14. The SMILES string of the molecule is O=C(CNc1ccc(F)c([N+](=O)[O-])c1)Nc1ccc(-c2ccccc2)cc1. The number of rotatable bonds is 6. The van der Waals surface area contributed by atoms with E-state index in [1.165, 1.54) is 6.07 Å². The highest BCUT2D eigenvalue weighted by atomic mass is 19.1. The van der Waals surface area contributed by atoms with Crippen LogP contribution in [0.25, 0.3) is 11.1 Å². The molecule has 6 nitrogen and oxygen atoms in total. The maximum Gasteiger partial charge on any atom is 0.306 e. The molecule has 0 unspecified atom stereocenters. The summed E-state index contributed by atoms with van der Waals surface area (Å²) in [6, 6.07) is 20.6. The van der Waals surface area contributed by atoms with Crippen molar-refractivity contribution in [1.82, 2.24) is 0 Å². The van der Waals surface area contributed by atoms with Gasteiger partial charge in [-0.3, -0.25) is 14.9 Å². The molecule has 3 aromatic rings. The second kappa shape index (κ2) is 8.09. The smallest absolute Gasteiger partial charge is 0.306 e. The second-order valence-electron chi connectivity index (χ2n) is 5.77. The molecule has 0 aliphatic carbocycles. The van der Waals surface area contributed by atoms with E-state index in [1.54, 1.807) is 12.1 Å². The van der Waals surface area contributed by atoms with Crippen molar-refractivity contribution >= 4 is 23.0 Å². The molecule has 7 heteroatoms. The van der Waals surface area contributed by atoms with E-state index in [4.69, 9.17) is 0 Å². The first-order valence-electron chi connectivity index (χ1n) is 8.16. The van der Waals surface area contributed by atoms with Crippen LogP contribution in [0, 0.1) is 15.9 Å². The Hall–Kier alpha value is -3.74. The van der Waals surface area contributed by atoms with Crippen molar-refractivity contribution < 1.29 is 14.1 Å². The first-order chi connectivity index (χ1) is 13.0. The molecule has 27 heavy (non-hydrogen) atoms. The molecule has 0 saturated heterocycles. The summed E-state index contributed by atoms with van der Waals surface area (Å²) < 4.78 is 13.3. The number of carbonyl (C=O) groups is 1. The lowest BCUT2D eigenvalue weighted by Crippen LogP contribution is -2.21. The van der Waals surface area contributed by atoms with Gasteiger partial charge < -0.3 is 10.6 Å². The molecule has 0 radical (unpaired) electrons. The van der Waals surface area contributed by atoms with Gasteiger partial charge in [-0.2, -0.15) is 4.39 Å². The van der Waals surface area contributed by atoms with Gasteiger partial charge in [0.15, 0.2) is 0 Å². The summed E-state index contributed by atoms with van der Waals surface area (Å²) in [5.41, 5.74) is 2.39. The van der Waals surface area contributed by atoms with Crippen LogP contribution in [-0.2, 0) is 4.79 Å². The van der Waals surface area contributed by atoms with Crippen molar-refractivity contribution in [1.29, 1.82) is 0 Å². The summed E-state index contributed by atoms with van der Waals surface area (Å²) >= 11 is 0. The summed E-state index contributed by atoms with van der Waals surface area (Å²) in [6.07, 6.45) is 0. The normalized spacial score (nSPS) is 10.3. The highest BCUT2D eigenvalue weighted by molar-refractivity contribution is 5.94. The fourth-order valence-electron chi connectivity index (χ4n) is 2.53. The Balaban J connectivity index is 1.58. The van der Waals surface area contributed by atoms with E-state index < -0.39 is 16.4 Å². The number of anilines is 2. The van der Waals surface area contributed by atoms with Crippen molar-refractivity contribution in [2.45, 2.75) is 0 Å². The molecule has 0 aliphatic heterocycles. The zero-order valence-electron chi connectivity index (χ0n) is 14.2. The Morgan fingerprint density at radius 2 is 1.56 bits per heavy atom. The van der Waals surface area contributed by atoms with Crippen molar-refractivity contribution in [2.24, 2.45) is 0 Å². The number of nitro groups is 1. The molecule has 0 aliphatic rings. The van der Waals surface area contributed by atoms with Crippen molar-refractivity contribution in [3.05, 3.63) is 88.7 Å². The topological polar surface area (TPSA) is 84.3 Å². The molecule has 1 amide bonds. The van der Waals surface area contributed by atoms with Crippen molar-refractivity contribution in [2.75, 3.05) is 17.2 Å². The summed E-state index contributed by atoms with van der Waals surface area (Å²) in [5, 5.41) is 16.2. The maximum absolute atomic E-state index is 13.3. The van der Waals surface area contributed by atoms with Crippen LogP contribution in [0.4, 0.5) is 21.5 Å². The van der Waals surface area contributed by atoms with Gasteiger partial charge in [-0.15, -0.1) is 0 Å². The molecule has 136 valence electrons. The quantitative estimate of drug-likeness (QED) is 0.499. The van der Waals surface area contributed by atoms with Crippen LogP contribution in [0.3, 0.4) is 0 Å². The highest BCUT2D eigenvalue weighted by Crippen LogP contribution is 2.22. The minimum absolute atomic E-state index is 0.108. The third-order valence-electron chi connectivity index (χ3n) is 3.87. The number of hydrogen-bond donors (Lipinski definition) is 2. The van der Waals surface area contributed by atoms with E-state index in [1.807, 2.05) is 42.5 Å². The zero-order valence-corrected chi connectivity index (χ0v) is 14.2. The number of hydrogen-bond acceptors (Lipinski definition) is 4. The lowest BCUT2D eigenvalue weighted by molar-refractivity contribution is -0.387. The summed E-state index contributed by atoms with van der Waals surface area (Å²) in [4.78, 5) is 22.0. The molecule has 0 fully saturated rings. The van der Waals surface area contributed by atoms with Crippen molar-refractivity contribution in [3.8, 4) is 11.1 Å². The Kier molecular flexibility index (Phi) is 5.41. The third-order valence-corrected chi connectivity index (χ3v) is 3.87. The van der Waals surface area contributed by atoms with Gasteiger partial charge in [-0.1, -0.05) is 42.5 Å². The summed E-state index contributed by atoms with van der Waals surface area (Å²) in [5.74, 6) is -1.25. The zero-order chi connectivity index (χ0) is 19.2. The second-order valence-corrected chi connectivity index (χ2v) is 5.77. The molecular weight excluding hydrogens is 349 g/mol. The van der Waals surface area contributed by atoms with E-state index in [9.17, 15) is 19.3 Å². The molecule has 0 saturated carbocycles. The molecule has 0 bridgehead atoms. The molecule has 0 aromatic heterocycles. The average molecular weight is 365 g/mol. The number of amides is 1. The molecule has 3 rings (SSSR count). The molecule has 0 atom stereocenters. The van der Waals surface area contributed by atoms with Crippen LogP contribution in [0.15, 0.2) is 72.8 Å². The summed E-state index contributed by atoms with van der Waals surface area (Å²) in [7, 11) is 0. The average Bonchev–Trinajstić information content (AvgIpc) is 2.68. The largest absolute Gasteiger partial charge is 0.376 e. The van der Waals surface area contributed by atoms with Gasteiger partial charge in [0.2, 0.25) is 11.7 Å². The van der Waals surface area contributed by atoms with Crippen LogP contribution >= 0.6 is 0 Å². The van der Waals surface area contributed by atoms with Gasteiger partial charge in [-0.05, 0) is 35.4 Å². The fourth-order valence-corrected chi connectivity index (χ4v) is 2.53. The van der Waals surface area contributed by atoms with Crippen LogP contribution in [0.1, 0.15) is 0 Å². The molecule has 2 N–H and O–H groups in total. The number of nitrogens with zero attached hydrogens (tertiary/aromatic N) is 1. The van der Waals surface area contributed by atoms with Gasteiger partial charge in [0.05, 0.1) is 11.5 Å². The minimum atomic E-state index is -0.923. The van der Waals surface area contributed by atoms with Gasteiger partial charge >= 0.3 is 5.69 Å². The predicted octanol–water partition coefficient (Wildman–Crippen LogP) is 4.45. The molecule has 0 heterocycles. The van der Waals surface area contributed by atoms with E-state index in [0.717, 1.165) is 23.3 Å². The van der Waals surface area contributed by atoms with Crippen LogP contribution in [0.2, 0.25) is 0 Å². The first kappa shape index (κ1) is 18.1.